The maximum Gasteiger partial charge on any atom is 0.303 e. The summed E-state index contributed by atoms with van der Waals surface area (Å²) in [4.78, 5) is 45.8. The molecule has 26 heavy (non-hydrogen) atoms. The number of carbonyl (C=O) groups excluding carboxylic acids is 4. The fraction of sp³-hybridized carbons (Fsp3) is 0.750. The van der Waals surface area contributed by atoms with Crippen LogP contribution in [0.15, 0.2) is 0 Å². The van der Waals surface area contributed by atoms with Crippen LogP contribution < -0.4 is 0 Å². The maximum absolute atomic E-state index is 11.6. The summed E-state index contributed by atoms with van der Waals surface area (Å²) in [5.41, 5.74) is 0. The van der Waals surface area contributed by atoms with Gasteiger partial charge in [-0.2, -0.15) is 0 Å². The molecule has 1 aliphatic heterocycles. The summed E-state index contributed by atoms with van der Waals surface area (Å²) in [5, 5.41) is 0. The van der Waals surface area contributed by atoms with E-state index in [1.807, 2.05) is 0 Å². The predicted molar refractivity (Wildman–Crippen MR) is 95.5 cm³/mol. The lowest BCUT2D eigenvalue weighted by Gasteiger charge is -2.44. The van der Waals surface area contributed by atoms with E-state index in [0.29, 0.717) is 10.8 Å². The van der Waals surface area contributed by atoms with Crippen molar-refractivity contribution in [3.63, 3.8) is 0 Å². The summed E-state index contributed by atoms with van der Waals surface area (Å²) in [5.74, 6) is -2.40. The number of alkyl halides is 1. The topological polar surface area (TPSA) is 114 Å². The number of hydrogen-bond acceptors (Lipinski definition) is 9. The number of halogens is 1. The van der Waals surface area contributed by atoms with E-state index in [1.54, 1.807) is 0 Å². The summed E-state index contributed by atoms with van der Waals surface area (Å²) in [6.07, 6.45) is -4.13. The second-order valence-electron chi connectivity index (χ2n) is 5.72. The summed E-state index contributed by atoms with van der Waals surface area (Å²) in [7, 11) is 0. The highest BCUT2D eigenvalue weighted by Gasteiger charge is 2.51. The predicted octanol–water partition coefficient (Wildman–Crippen LogP) is 0.937. The van der Waals surface area contributed by atoms with Gasteiger partial charge in [-0.3, -0.25) is 19.2 Å². The minimum absolute atomic E-state index is 0.199. The molecule has 9 nitrogen and oxygen atoms in total. The van der Waals surface area contributed by atoms with Gasteiger partial charge in [-0.05, 0) is 6.42 Å². The van der Waals surface area contributed by atoms with E-state index in [1.165, 1.54) is 27.7 Å². The van der Waals surface area contributed by atoms with Gasteiger partial charge in [0.2, 0.25) is 0 Å². The van der Waals surface area contributed by atoms with E-state index in [2.05, 4.69) is 22.6 Å². The summed E-state index contributed by atoms with van der Waals surface area (Å²) >= 11 is 2.13. The second-order valence-corrected chi connectivity index (χ2v) is 6.79. The normalized spacial score (nSPS) is 28.0. The minimum Gasteiger partial charge on any atom is -0.463 e. The van der Waals surface area contributed by atoms with Crippen LogP contribution in [0.1, 0.15) is 34.1 Å². The maximum atomic E-state index is 11.6. The molecule has 1 rings (SSSR count). The molecule has 0 aromatic carbocycles. The van der Waals surface area contributed by atoms with E-state index >= 15 is 0 Å². The van der Waals surface area contributed by atoms with Crippen LogP contribution in [0.3, 0.4) is 0 Å². The fourth-order valence-corrected chi connectivity index (χ4v) is 3.27. The van der Waals surface area contributed by atoms with Crippen molar-refractivity contribution >= 4 is 46.5 Å². The summed E-state index contributed by atoms with van der Waals surface area (Å²) in [6, 6.07) is 0. The minimum atomic E-state index is -1.09. The Labute approximate surface area is 165 Å². The van der Waals surface area contributed by atoms with Crippen molar-refractivity contribution in [2.24, 2.45) is 0 Å². The lowest BCUT2D eigenvalue weighted by Crippen LogP contribution is -2.62. The van der Waals surface area contributed by atoms with E-state index in [-0.39, 0.29) is 6.61 Å². The van der Waals surface area contributed by atoms with Gasteiger partial charge in [0, 0.05) is 32.1 Å². The first-order valence-electron chi connectivity index (χ1n) is 8.02. The van der Waals surface area contributed by atoms with Crippen LogP contribution in [0, 0.1) is 0 Å². The SMILES string of the molecule is CC(=O)OC[C@H]1O[C@@H](CCI)[C@H](OC(C)=O)[C@@H](OC(C)=O)[C@@H]1OC(C)=O. The Morgan fingerprint density at radius 3 is 1.65 bits per heavy atom. The molecular weight excluding hydrogens is 463 g/mol. The molecular formula is C16H23IO9. The van der Waals surface area contributed by atoms with E-state index in [9.17, 15) is 19.2 Å². The molecule has 0 aromatic rings. The Morgan fingerprint density at radius 1 is 0.769 bits per heavy atom. The van der Waals surface area contributed by atoms with Crippen molar-refractivity contribution in [3.05, 3.63) is 0 Å². The molecule has 0 aromatic heterocycles. The molecule has 0 amide bonds. The van der Waals surface area contributed by atoms with Crippen LogP contribution in [0.25, 0.3) is 0 Å². The Balaban J connectivity index is 3.22. The Kier molecular flexibility index (Phi) is 9.27. The zero-order chi connectivity index (χ0) is 19.9. The standard InChI is InChI=1S/C16H23IO9/c1-8(18)22-7-13-15(24-10(3)20)16(25-11(4)21)14(23-9(2)19)12(26-13)5-6-17/h12-16H,5-7H2,1-4H3/t12-,13+,14-,15+,16+/m0/s1. The van der Waals surface area contributed by atoms with Crippen molar-refractivity contribution in [2.45, 2.75) is 64.6 Å². The van der Waals surface area contributed by atoms with Gasteiger partial charge in [-0.1, -0.05) is 22.6 Å². The number of carbonyl (C=O) groups is 4. The van der Waals surface area contributed by atoms with E-state index < -0.39 is 54.4 Å². The molecule has 148 valence electrons. The van der Waals surface area contributed by atoms with Gasteiger partial charge in [0.1, 0.15) is 12.7 Å². The molecule has 1 saturated heterocycles. The molecule has 0 radical (unpaired) electrons. The van der Waals surface area contributed by atoms with Crippen LogP contribution in [-0.2, 0) is 42.9 Å². The number of ether oxygens (including phenoxy) is 5. The first kappa shape index (κ1) is 22.6. The number of esters is 4. The van der Waals surface area contributed by atoms with Crippen LogP contribution in [0.4, 0.5) is 0 Å². The molecule has 1 heterocycles. The van der Waals surface area contributed by atoms with Gasteiger partial charge < -0.3 is 23.7 Å². The third-order valence-electron chi connectivity index (χ3n) is 3.48. The van der Waals surface area contributed by atoms with Gasteiger partial charge in [0.25, 0.3) is 0 Å². The average Bonchev–Trinajstić information content (AvgIpc) is 2.50. The van der Waals surface area contributed by atoms with Gasteiger partial charge in [-0.25, -0.2) is 0 Å². The first-order valence-corrected chi connectivity index (χ1v) is 9.54. The zero-order valence-electron chi connectivity index (χ0n) is 15.1. The summed E-state index contributed by atoms with van der Waals surface area (Å²) in [6.45, 7) is 4.63. The van der Waals surface area contributed by atoms with Crippen LogP contribution in [0.5, 0.6) is 0 Å². The first-order chi connectivity index (χ1) is 12.1. The average molecular weight is 486 g/mol. The summed E-state index contributed by atoms with van der Waals surface area (Å²) < 4.78 is 27.4. The van der Waals surface area contributed by atoms with Gasteiger partial charge >= 0.3 is 23.9 Å². The van der Waals surface area contributed by atoms with Crippen molar-refractivity contribution in [3.8, 4) is 0 Å². The molecule has 0 saturated carbocycles. The Bertz CT molecular complexity index is 536. The fourth-order valence-electron chi connectivity index (χ4n) is 2.66. The molecule has 0 N–H and O–H groups in total. The quantitative estimate of drug-likeness (QED) is 0.225. The molecule has 0 bridgehead atoms. The third-order valence-corrected chi connectivity index (χ3v) is 4.10. The van der Waals surface area contributed by atoms with Crippen molar-refractivity contribution in [2.75, 3.05) is 11.0 Å². The molecule has 1 fully saturated rings. The van der Waals surface area contributed by atoms with Crippen LogP contribution in [-0.4, -0.2) is 65.4 Å². The highest BCUT2D eigenvalue weighted by Crippen LogP contribution is 2.31. The molecule has 10 heteroatoms. The highest BCUT2D eigenvalue weighted by molar-refractivity contribution is 14.1. The van der Waals surface area contributed by atoms with Gasteiger partial charge in [0.05, 0.1) is 6.10 Å². The number of hydrogen-bond donors (Lipinski definition) is 0. The molecule has 0 spiro atoms. The highest BCUT2D eigenvalue weighted by atomic mass is 127. The monoisotopic (exact) mass is 486 g/mol. The van der Waals surface area contributed by atoms with Crippen LogP contribution >= 0.6 is 22.6 Å². The molecule has 5 atom stereocenters. The third kappa shape index (κ3) is 7.06. The van der Waals surface area contributed by atoms with Crippen LogP contribution in [0.2, 0.25) is 0 Å². The number of rotatable bonds is 7. The molecule has 0 aliphatic carbocycles. The van der Waals surface area contributed by atoms with E-state index in [0.717, 1.165) is 0 Å². The molecule has 0 unspecified atom stereocenters. The van der Waals surface area contributed by atoms with Crippen molar-refractivity contribution < 1.29 is 42.9 Å². The van der Waals surface area contributed by atoms with Gasteiger partial charge in [-0.15, -0.1) is 0 Å². The van der Waals surface area contributed by atoms with Crippen molar-refractivity contribution in [1.82, 2.24) is 0 Å². The van der Waals surface area contributed by atoms with Crippen molar-refractivity contribution in [1.29, 1.82) is 0 Å². The van der Waals surface area contributed by atoms with E-state index in [4.69, 9.17) is 23.7 Å². The smallest absolute Gasteiger partial charge is 0.303 e. The van der Waals surface area contributed by atoms with Gasteiger partial charge in [0.15, 0.2) is 18.3 Å². The molecule has 1 aliphatic rings. The largest absolute Gasteiger partial charge is 0.463 e. The Morgan fingerprint density at radius 2 is 1.23 bits per heavy atom. The Hall–Kier alpha value is -1.43. The lowest BCUT2D eigenvalue weighted by molar-refractivity contribution is -0.252. The lowest BCUT2D eigenvalue weighted by atomic mass is 9.93. The zero-order valence-corrected chi connectivity index (χ0v) is 17.2. The second kappa shape index (κ2) is 10.7.